The van der Waals surface area contributed by atoms with Crippen molar-refractivity contribution in [1.29, 1.82) is 0 Å². The van der Waals surface area contributed by atoms with E-state index < -0.39 is 0 Å². The molecule has 5 rings (SSSR count). The Morgan fingerprint density at radius 2 is 2.03 bits per heavy atom. The summed E-state index contributed by atoms with van der Waals surface area (Å²) in [4.78, 5) is 21.5. The second-order valence-corrected chi connectivity index (χ2v) is 7.76. The Bertz CT molecular complexity index is 1260. The van der Waals surface area contributed by atoms with Gasteiger partial charge in [-0.3, -0.25) is 9.36 Å². The molecule has 1 aliphatic carbocycles. The summed E-state index contributed by atoms with van der Waals surface area (Å²) in [5.74, 6) is 2.17. The zero-order valence-electron chi connectivity index (χ0n) is 15.9. The topological polar surface area (TPSA) is 61.9 Å². The number of halogens is 1. The maximum Gasteiger partial charge on any atom is 0.255 e. The lowest BCUT2D eigenvalue weighted by molar-refractivity contribution is 0.293. The minimum atomic E-state index is -0.112. The third kappa shape index (κ3) is 3.51. The number of rotatable bonds is 5. The SMILES string of the molecule is Cn1c(C2CC2)nc2ccc(-n3ccc(COc4ccc(Cl)cn4)cc3=O)cc21. The summed E-state index contributed by atoms with van der Waals surface area (Å²) in [6.07, 6.45) is 5.71. The van der Waals surface area contributed by atoms with Crippen LogP contribution in [0.1, 0.15) is 30.1 Å². The Morgan fingerprint density at radius 3 is 2.76 bits per heavy atom. The number of nitrogens with zero attached hydrogens (tertiary/aromatic N) is 4. The van der Waals surface area contributed by atoms with Gasteiger partial charge in [-0.1, -0.05) is 11.6 Å². The molecule has 0 amide bonds. The third-order valence-corrected chi connectivity index (χ3v) is 5.41. The number of ether oxygens (including phenoxy) is 1. The molecular weight excluding hydrogens is 388 g/mol. The van der Waals surface area contributed by atoms with Crippen molar-refractivity contribution in [3.05, 3.63) is 81.6 Å². The van der Waals surface area contributed by atoms with E-state index in [1.54, 1.807) is 29.0 Å². The molecule has 0 N–H and O–H groups in total. The van der Waals surface area contributed by atoms with Crippen LogP contribution in [0.5, 0.6) is 5.88 Å². The molecule has 3 heterocycles. The minimum absolute atomic E-state index is 0.112. The van der Waals surface area contributed by atoms with Gasteiger partial charge in [0.05, 0.1) is 21.7 Å². The molecule has 0 radical (unpaired) electrons. The van der Waals surface area contributed by atoms with Crippen LogP contribution in [0.25, 0.3) is 16.7 Å². The number of aromatic nitrogens is 4. The molecule has 1 aromatic carbocycles. The summed E-state index contributed by atoms with van der Waals surface area (Å²) in [5.41, 5.74) is 3.49. The minimum Gasteiger partial charge on any atom is -0.473 e. The Hall–Kier alpha value is -3.12. The number of aryl methyl sites for hydroxylation is 1. The molecule has 146 valence electrons. The zero-order chi connectivity index (χ0) is 20.0. The average molecular weight is 407 g/mol. The molecule has 0 bridgehead atoms. The van der Waals surface area contributed by atoms with Gasteiger partial charge in [0.15, 0.2) is 0 Å². The summed E-state index contributed by atoms with van der Waals surface area (Å²) in [5, 5.41) is 0.551. The quantitative estimate of drug-likeness (QED) is 0.497. The fourth-order valence-corrected chi connectivity index (χ4v) is 3.59. The van der Waals surface area contributed by atoms with Gasteiger partial charge >= 0.3 is 0 Å². The van der Waals surface area contributed by atoms with Crippen LogP contribution in [0.3, 0.4) is 0 Å². The highest BCUT2D eigenvalue weighted by atomic mass is 35.5. The number of pyridine rings is 2. The lowest BCUT2D eigenvalue weighted by Crippen LogP contribution is -2.17. The summed E-state index contributed by atoms with van der Waals surface area (Å²) >= 11 is 5.82. The van der Waals surface area contributed by atoms with Crippen molar-refractivity contribution < 1.29 is 4.74 Å². The molecule has 6 nitrogen and oxygen atoms in total. The van der Waals surface area contributed by atoms with Crippen LogP contribution in [-0.2, 0) is 13.7 Å². The zero-order valence-corrected chi connectivity index (χ0v) is 16.6. The summed E-state index contributed by atoms with van der Waals surface area (Å²) in [6.45, 7) is 0.260. The van der Waals surface area contributed by atoms with Crippen LogP contribution in [0, 0.1) is 0 Å². The van der Waals surface area contributed by atoms with Crippen LogP contribution in [0.4, 0.5) is 0 Å². The third-order valence-electron chi connectivity index (χ3n) is 5.19. The van der Waals surface area contributed by atoms with Gasteiger partial charge in [0.2, 0.25) is 5.88 Å². The first-order valence-corrected chi connectivity index (χ1v) is 9.89. The van der Waals surface area contributed by atoms with Crippen molar-refractivity contribution in [1.82, 2.24) is 19.1 Å². The molecular formula is C22H19ClN4O2. The highest BCUT2D eigenvalue weighted by Crippen LogP contribution is 2.40. The highest BCUT2D eigenvalue weighted by Gasteiger charge is 2.28. The molecule has 7 heteroatoms. The van der Waals surface area contributed by atoms with Gasteiger partial charge in [0, 0.05) is 37.5 Å². The molecule has 1 fully saturated rings. The first kappa shape index (κ1) is 17.9. The average Bonchev–Trinajstić information content (AvgIpc) is 3.52. The fraction of sp³-hybridized carbons (Fsp3) is 0.227. The van der Waals surface area contributed by atoms with E-state index in [9.17, 15) is 4.79 Å². The lowest BCUT2D eigenvalue weighted by atomic mass is 10.2. The van der Waals surface area contributed by atoms with Crippen molar-refractivity contribution in [2.45, 2.75) is 25.4 Å². The summed E-state index contributed by atoms with van der Waals surface area (Å²) < 4.78 is 9.40. The second kappa shape index (κ2) is 7.04. The number of hydrogen-bond donors (Lipinski definition) is 0. The first-order chi connectivity index (χ1) is 14.1. The first-order valence-electron chi connectivity index (χ1n) is 9.51. The maximum absolute atomic E-state index is 12.7. The van der Waals surface area contributed by atoms with Crippen LogP contribution in [0.2, 0.25) is 5.02 Å². The van der Waals surface area contributed by atoms with Crippen LogP contribution < -0.4 is 10.3 Å². The normalized spacial score (nSPS) is 13.7. The van der Waals surface area contributed by atoms with Crippen molar-refractivity contribution >= 4 is 22.6 Å². The predicted octanol–water partition coefficient (Wildman–Crippen LogP) is 4.23. The molecule has 29 heavy (non-hydrogen) atoms. The lowest BCUT2D eigenvalue weighted by Gasteiger charge is -2.09. The molecule has 0 atom stereocenters. The van der Waals surface area contributed by atoms with Crippen LogP contribution in [0.15, 0.2) is 59.7 Å². The van der Waals surface area contributed by atoms with Gasteiger partial charge in [0.1, 0.15) is 12.4 Å². The molecule has 1 aliphatic rings. The van der Waals surface area contributed by atoms with Gasteiger partial charge in [0.25, 0.3) is 5.56 Å². The molecule has 3 aromatic heterocycles. The Labute approximate surface area is 172 Å². The van der Waals surface area contributed by atoms with E-state index in [-0.39, 0.29) is 12.2 Å². The van der Waals surface area contributed by atoms with Crippen LogP contribution >= 0.6 is 11.6 Å². The molecule has 0 aliphatic heterocycles. The highest BCUT2D eigenvalue weighted by molar-refractivity contribution is 6.30. The Kier molecular flexibility index (Phi) is 4.36. The van der Waals surface area contributed by atoms with Crippen molar-refractivity contribution in [2.75, 3.05) is 0 Å². The standard InChI is InChI=1S/C22H19ClN4O2/c1-26-19-11-17(5-6-18(19)25-22(26)15-2-3-15)27-9-8-14(10-21(27)28)13-29-20-7-4-16(23)12-24-20/h4-12,15H,2-3,13H2,1H3. The Morgan fingerprint density at radius 1 is 1.17 bits per heavy atom. The Balaban J connectivity index is 1.40. The van der Waals surface area contributed by atoms with Crippen molar-refractivity contribution in [3.8, 4) is 11.6 Å². The van der Waals surface area contributed by atoms with Gasteiger partial charge in [-0.2, -0.15) is 0 Å². The monoisotopic (exact) mass is 406 g/mol. The van der Waals surface area contributed by atoms with E-state index in [1.165, 1.54) is 19.0 Å². The van der Waals surface area contributed by atoms with E-state index in [4.69, 9.17) is 21.3 Å². The van der Waals surface area contributed by atoms with Gasteiger partial charge < -0.3 is 9.30 Å². The number of imidazole rings is 1. The van der Waals surface area contributed by atoms with Crippen LogP contribution in [-0.4, -0.2) is 19.1 Å². The van der Waals surface area contributed by atoms with Gasteiger partial charge in [-0.05, 0) is 48.7 Å². The number of hydrogen-bond acceptors (Lipinski definition) is 4. The van der Waals surface area contributed by atoms with E-state index in [1.807, 2.05) is 31.3 Å². The smallest absolute Gasteiger partial charge is 0.255 e. The van der Waals surface area contributed by atoms with E-state index in [0.29, 0.717) is 16.8 Å². The van der Waals surface area contributed by atoms with E-state index >= 15 is 0 Å². The molecule has 1 saturated carbocycles. The number of benzene rings is 1. The fourth-order valence-electron chi connectivity index (χ4n) is 3.48. The predicted molar refractivity (Wildman–Crippen MR) is 112 cm³/mol. The molecule has 0 saturated heterocycles. The molecule has 4 aromatic rings. The number of fused-ring (bicyclic) bond motifs is 1. The largest absolute Gasteiger partial charge is 0.473 e. The van der Waals surface area contributed by atoms with E-state index in [2.05, 4.69) is 9.55 Å². The van der Waals surface area contributed by atoms with Crippen molar-refractivity contribution in [3.63, 3.8) is 0 Å². The molecule has 0 spiro atoms. The van der Waals surface area contributed by atoms with Gasteiger partial charge in [-0.25, -0.2) is 9.97 Å². The van der Waals surface area contributed by atoms with E-state index in [0.717, 1.165) is 28.1 Å². The molecule has 0 unspecified atom stereocenters. The maximum atomic E-state index is 12.7. The summed E-state index contributed by atoms with van der Waals surface area (Å²) in [7, 11) is 2.04. The van der Waals surface area contributed by atoms with Crippen molar-refractivity contribution in [2.24, 2.45) is 7.05 Å². The second-order valence-electron chi connectivity index (χ2n) is 7.32. The summed E-state index contributed by atoms with van der Waals surface area (Å²) in [6, 6.07) is 12.8. The van der Waals surface area contributed by atoms with Gasteiger partial charge in [-0.15, -0.1) is 0 Å².